The molecule has 0 bridgehead atoms. The zero-order chi connectivity index (χ0) is 15.0. The molecule has 1 nitrogen and oxygen atoms in total. The van der Waals surface area contributed by atoms with E-state index in [2.05, 4.69) is 4.98 Å². The number of H-pyrrole nitrogens is 1. The average Bonchev–Trinajstić information content (AvgIpc) is 2.83. The second-order valence-corrected chi connectivity index (χ2v) is 7.64. The molecule has 0 spiro atoms. The van der Waals surface area contributed by atoms with Crippen LogP contribution in [-0.2, 0) is 25.7 Å². The first-order chi connectivity index (χ1) is 10.9. The summed E-state index contributed by atoms with van der Waals surface area (Å²) in [6, 6.07) is 0. The maximum Gasteiger partial charge on any atom is 0.0184 e. The Hall–Kier alpha value is -0.720. The van der Waals surface area contributed by atoms with E-state index in [9.17, 15) is 0 Å². The van der Waals surface area contributed by atoms with Gasteiger partial charge < -0.3 is 4.98 Å². The second kappa shape index (κ2) is 8.79. The summed E-state index contributed by atoms with van der Waals surface area (Å²) in [7, 11) is 0. The predicted molar refractivity (Wildman–Crippen MR) is 95.6 cm³/mol. The standard InChI is InChI=1S/C21H35N/c1-2-6-10-14-18-19-15-11-7-4-5-9-13-17-21(19)22-20(18)16-12-8-3-1/h22H,1-17H2. The summed E-state index contributed by atoms with van der Waals surface area (Å²) < 4.78 is 0. The van der Waals surface area contributed by atoms with E-state index >= 15 is 0 Å². The minimum absolute atomic E-state index is 1.31. The van der Waals surface area contributed by atoms with Crippen LogP contribution in [0.4, 0.5) is 0 Å². The van der Waals surface area contributed by atoms with Gasteiger partial charge in [-0.05, 0) is 62.5 Å². The third kappa shape index (κ3) is 4.40. The average molecular weight is 302 g/mol. The molecule has 2 aliphatic rings. The third-order valence-electron chi connectivity index (χ3n) is 5.85. The highest BCUT2D eigenvalue weighted by Crippen LogP contribution is 2.28. The van der Waals surface area contributed by atoms with Crippen molar-refractivity contribution >= 4 is 0 Å². The first-order valence-corrected chi connectivity index (χ1v) is 10.2. The Balaban J connectivity index is 1.80. The van der Waals surface area contributed by atoms with Crippen LogP contribution in [0.25, 0.3) is 0 Å². The summed E-state index contributed by atoms with van der Waals surface area (Å²) in [5.74, 6) is 0. The third-order valence-corrected chi connectivity index (χ3v) is 5.85. The normalized spacial score (nSPS) is 22.2. The second-order valence-electron chi connectivity index (χ2n) is 7.64. The molecule has 0 atom stereocenters. The summed E-state index contributed by atoms with van der Waals surface area (Å²) in [4.78, 5) is 3.91. The van der Waals surface area contributed by atoms with Crippen molar-refractivity contribution in [2.75, 3.05) is 0 Å². The Morgan fingerprint density at radius 2 is 0.682 bits per heavy atom. The van der Waals surface area contributed by atoms with E-state index in [1.54, 1.807) is 22.5 Å². The molecular weight excluding hydrogens is 266 g/mol. The molecule has 0 unspecified atom stereocenters. The molecule has 3 rings (SSSR count). The molecule has 0 fully saturated rings. The number of fused-ring (bicyclic) bond motifs is 3. The van der Waals surface area contributed by atoms with E-state index in [0.717, 1.165) is 0 Å². The minimum atomic E-state index is 1.31. The number of aromatic nitrogens is 1. The van der Waals surface area contributed by atoms with Crippen LogP contribution in [0.2, 0.25) is 0 Å². The van der Waals surface area contributed by atoms with Gasteiger partial charge in [0.25, 0.3) is 0 Å². The van der Waals surface area contributed by atoms with Gasteiger partial charge in [0.05, 0.1) is 0 Å². The Kier molecular flexibility index (Phi) is 6.45. The molecule has 1 aromatic heterocycles. The number of aryl methyl sites for hydroxylation is 2. The Labute approximate surface area is 137 Å². The quantitative estimate of drug-likeness (QED) is 0.580. The van der Waals surface area contributed by atoms with Gasteiger partial charge in [-0.3, -0.25) is 0 Å². The Morgan fingerprint density at radius 3 is 1.09 bits per heavy atom. The highest BCUT2D eigenvalue weighted by molar-refractivity contribution is 5.38. The van der Waals surface area contributed by atoms with Gasteiger partial charge >= 0.3 is 0 Å². The van der Waals surface area contributed by atoms with Crippen LogP contribution in [0, 0.1) is 0 Å². The smallest absolute Gasteiger partial charge is 0.0184 e. The molecule has 1 heteroatoms. The lowest BCUT2D eigenvalue weighted by molar-refractivity contribution is 0.573. The molecule has 0 saturated carbocycles. The highest BCUT2D eigenvalue weighted by Gasteiger charge is 2.17. The summed E-state index contributed by atoms with van der Waals surface area (Å²) in [5.41, 5.74) is 6.78. The molecule has 1 heterocycles. The van der Waals surface area contributed by atoms with Crippen molar-refractivity contribution in [2.24, 2.45) is 0 Å². The topological polar surface area (TPSA) is 15.8 Å². The van der Waals surface area contributed by atoms with E-state index in [1.165, 1.54) is 109 Å². The van der Waals surface area contributed by atoms with E-state index in [1.807, 2.05) is 0 Å². The molecule has 22 heavy (non-hydrogen) atoms. The van der Waals surface area contributed by atoms with Gasteiger partial charge in [0.2, 0.25) is 0 Å². The lowest BCUT2D eigenvalue weighted by Gasteiger charge is -2.11. The zero-order valence-corrected chi connectivity index (χ0v) is 14.5. The van der Waals surface area contributed by atoms with E-state index in [0.29, 0.717) is 0 Å². The maximum absolute atomic E-state index is 3.91. The van der Waals surface area contributed by atoms with Crippen LogP contribution in [0.5, 0.6) is 0 Å². The first kappa shape index (κ1) is 16.1. The van der Waals surface area contributed by atoms with Crippen molar-refractivity contribution in [3.05, 3.63) is 22.5 Å². The van der Waals surface area contributed by atoms with E-state index in [4.69, 9.17) is 0 Å². The molecule has 1 aromatic rings. The SMILES string of the molecule is C1CCCCc2[nH]c3c(c2CCCC1)CCCCCCCC3. The summed E-state index contributed by atoms with van der Waals surface area (Å²) in [5, 5.41) is 0. The molecule has 124 valence electrons. The molecule has 1 N–H and O–H groups in total. The minimum Gasteiger partial charge on any atom is -0.362 e. The van der Waals surface area contributed by atoms with Crippen molar-refractivity contribution in [2.45, 2.75) is 109 Å². The highest BCUT2D eigenvalue weighted by atomic mass is 14.7. The molecule has 2 aliphatic carbocycles. The van der Waals surface area contributed by atoms with E-state index in [-0.39, 0.29) is 0 Å². The molecule has 0 saturated heterocycles. The Morgan fingerprint density at radius 1 is 0.364 bits per heavy atom. The number of hydrogen-bond donors (Lipinski definition) is 1. The van der Waals surface area contributed by atoms with Crippen molar-refractivity contribution in [1.29, 1.82) is 0 Å². The zero-order valence-electron chi connectivity index (χ0n) is 14.5. The van der Waals surface area contributed by atoms with Crippen molar-refractivity contribution < 1.29 is 0 Å². The summed E-state index contributed by atoms with van der Waals surface area (Å²) in [6.07, 6.45) is 24.0. The monoisotopic (exact) mass is 301 g/mol. The van der Waals surface area contributed by atoms with Gasteiger partial charge in [-0.15, -0.1) is 0 Å². The van der Waals surface area contributed by atoms with Crippen LogP contribution in [0.1, 0.15) is 106 Å². The predicted octanol–water partition coefficient (Wildman–Crippen LogP) is 6.28. The maximum atomic E-state index is 3.91. The largest absolute Gasteiger partial charge is 0.362 e. The van der Waals surface area contributed by atoms with Gasteiger partial charge in [0.15, 0.2) is 0 Å². The molecule has 0 amide bonds. The molecular formula is C21H35N. The fraction of sp³-hybridized carbons (Fsp3) is 0.810. The lowest BCUT2D eigenvalue weighted by Crippen LogP contribution is -1.99. The number of hydrogen-bond acceptors (Lipinski definition) is 0. The number of nitrogens with one attached hydrogen (secondary N) is 1. The number of aromatic amines is 1. The van der Waals surface area contributed by atoms with E-state index < -0.39 is 0 Å². The molecule has 0 aliphatic heterocycles. The summed E-state index contributed by atoms with van der Waals surface area (Å²) in [6.45, 7) is 0. The van der Waals surface area contributed by atoms with Gasteiger partial charge in [-0.2, -0.15) is 0 Å². The number of rotatable bonds is 0. The van der Waals surface area contributed by atoms with Crippen LogP contribution >= 0.6 is 0 Å². The Bertz CT molecular complexity index is 443. The molecule has 0 radical (unpaired) electrons. The van der Waals surface area contributed by atoms with Crippen LogP contribution in [-0.4, -0.2) is 4.98 Å². The van der Waals surface area contributed by atoms with Crippen molar-refractivity contribution in [3.8, 4) is 0 Å². The van der Waals surface area contributed by atoms with Gasteiger partial charge in [-0.25, -0.2) is 0 Å². The van der Waals surface area contributed by atoms with Crippen LogP contribution in [0.15, 0.2) is 0 Å². The van der Waals surface area contributed by atoms with Gasteiger partial charge in [0.1, 0.15) is 0 Å². The van der Waals surface area contributed by atoms with Crippen molar-refractivity contribution in [1.82, 2.24) is 4.98 Å². The van der Waals surface area contributed by atoms with Crippen LogP contribution in [0.3, 0.4) is 0 Å². The lowest BCUT2D eigenvalue weighted by atomic mass is 9.93. The summed E-state index contributed by atoms with van der Waals surface area (Å²) >= 11 is 0. The fourth-order valence-corrected chi connectivity index (χ4v) is 4.53. The van der Waals surface area contributed by atoms with Crippen LogP contribution < -0.4 is 0 Å². The van der Waals surface area contributed by atoms with Gasteiger partial charge in [0, 0.05) is 11.4 Å². The first-order valence-electron chi connectivity index (χ1n) is 10.2. The molecule has 0 aromatic carbocycles. The van der Waals surface area contributed by atoms with Crippen molar-refractivity contribution in [3.63, 3.8) is 0 Å². The fourth-order valence-electron chi connectivity index (χ4n) is 4.53. The van der Waals surface area contributed by atoms with Gasteiger partial charge in [-0.1, -0.05) is 57.8 Å².